The summed E-state index contributed by atoms with van der Waals surface area (Å²) in [6.07, 6.45) is 4.43. The molecule has 0 unspecified atom stereocenters. The van der Waals surface area contributed by atoms with Crippen molar-refractivity contribution in [3.8, 4) is 0 Å². The van der Waals surface area contributed by atoms with Gasteiger partial charge in [0, 0.05) is 13.6 Å². The molecule has 0 aliphatic carbocycles. The minimum absolute atomic E-state index is 0.856. The second kappa shape index (κ2) is 5.58. The largest absolute Gasteiger partial charge is 0.369 e. The average Bonchev–Trinajstić information content (AvgIpc) is 2.72. The van der Waals surface area contributed by atoms with Gasteiger partial charge in [-0.05, 0) is 19.5 Å². The summed E-state index contributed by atoms with van der Waals surface area (Å²) in [5.41, 5.74) is 0.856. The van der Waals surface area contributed by atoms with E-state index in [1.54, 1.807) is 17.2 Å². The molecule has 2 N–H and O–H groups in total. The van der Waals surface area contributed by atoms with E-state index in [2.05, 4.69) is 32.6 Å². The fourth-order valence-corrected chi connectivity index (χ4v) is 1.70. The maximum Gasteiger partial charge on any atom is 0.163 e. The first-order chi connectivity index (χ1) is 8.33. The number of aryl methyl sites for hydroxylation is 1. The molecule has 0 saturated carbocycles. The Balaban J connectivity index is 1.99. The van der Waals surface area contributed by atoms with Crippen LogP contribution in [0.1, 0.15) is 13.3 Å². The van der Waals surface area contributed by atoms with Gasteiger partial charge in [-0.1, -0.05) is 6.92 Å². The van der Waals surface area contributed by atoms with E-state index in [4.69, 9.17) is 0 Å². The predicted octanol–water partition coefficient (Wildman–Crippen LogP) is 0.775. The van der Waals surface area contributed by atoms with Crippen LogP contribution in [0.15, 0.2) is 12.5 Å². The second-order valence-corrected chi connectivity index (χ2v) is 3.86. The zero-order chi connectivity index (χ0) is 12.1. The lowest BCUT2D eigenvalue weighted by Gasteiger charge is -2.06. The number of nitrogens with one attached hydrogen (secondary N) is 2. The first-order valence-electron chi connectivity index (χ1n) is 5.90. The van der Waals surface area contributed by atoms with Crippen molar-refractivity contribution >= 4 is 16.9 Å². The maximum atomic E-state index is 4.24. The summed E-state index contributed by atoms with van der Waals surface area (Å²) in [6.45, 7) is 5.04. The average molecular weight is 234 g/mol. The van der Waals surface area contributed by atoms with E-state index >= 15 is 0 Å². The van der Waals surface area contributed by atoms with Gasteiger partial charge >= 0.3 is 0 Å². The third-order valence-electron chi connectivity index (χ3n) is 2.60. The van der Waals surface area contributed by atoms with Crippen LogP contribution in [0.5, 0.6) is 0 Å². The number of nitrogens with zero attached hydrogens (tertiary/aromatic N) is 4. The van der Waals surface area contributed by atoms with Crippen molar-refractivity contribution < 1.29 is 0 Å². The highest BCUT2D eigenvalue weighted by Gasteiger charge is 2.06. The number of aromatic nitrogens is 4. The van der Waals surface area contributed by atoms with Crippen molar-refractivity contribution in [2.75, 3.05) is 25.0 Å². The van der Waals surface area contributed by atoms with Crippen LogP contribution in [0.4, 0.5) is 5.82 Å². The minimum Gasteiger partial charge on any atom is -0.369 e. The van der Waals surface area contributed by atoms with Gasteiger partial charge in [0.25, 0.3) is 0 Å². The van der Waals surface area contributed by atoms with Crippen molar-refractivity contribution in [2.24, 2.45) is 7.05 Å². The molecular weight excluding hydrogens is 216 g/mol. The van der Waals surface area contributed by atoms with Crippen molar-refractivity contribution in [2.45, 2.75) is 13.3 Å². The molecule has 0 aliphatic heterocycles. The van der Waals surface area contributed by atoms with Crippen LogP contribution >= 0.6 is 0 Å². The van der Waals surface area contributed by atoms with Gasteiger partial charge in [-0.2, -0.15) is 5.10 Å². The standard InChI is InChI=1S/C11H18N6/c1-3-12-5-4-6-13-10-9-7-16-17(2)11(9)15-8-14-10/h7-8,12H,3-6H2,1-2H3,(H,13,14,15). The molecule has 2 rings (SSSR count). The van der Waals surface area contributed by atoms with Crippen LogP contribution in [-0.2, 0) is 7.05 Å². The lowest BCUT2D eigenvalue weighted by molar-refractivity contribution is 0.688. The van der Waals surface area contributed by atoms with Crippen LogP contribution in [0.2, 0.25) is 0 Å². The molecule has 0 amide bonds. The normalized spacial score (nSPS) is 10.9. The number of fused-ring (bicyclic) bond motifs is 1. The van der Waals surface area contributed by atoms with Crippen LogP contribution in [0.25, 0.3) is 11.0 Å². The number of anilines is 1. The van der Waals surface area contributed by atoms with Gasteiger partial charge in [-0.3, -0.25) is 4.68 Å². The number of hydrogen-bond donors (Lipinski definition) is 2. The minimum atomic E-state index is 0.856. The second-order valence-electron chi connectivity index (χ2n) is 3.86. The quantitative estimate of drug-likeness (QED) is 0.723. The Hall–Kier alpha value is -1.69. The first kappa shape index (κ1) is 11.8. The summed E-state index contributed by atoms with van der Waals surface area (Å²) in [5, 5.41) is 11.7. The lowest BCUT2D eigenvalue weighted by Crippen LogP contribution is -2.17. The highest BCUT2D eigenvalue weighted by molar-refractivity contribution is 5.85. The highest BCUT2D eigenvalue weighted by Crippen LogP contribution is 2.17. The summed E-state index contributed by atoms with van der Waals surface area (Å²) in [6, 6.07) is 0. The Morgan fingerprint density at radius 2 is 2.18 bits per heavy atom. The van der Waals surface area contributed by atoms with E-state index in [1.165, 1.54) is 0 Å². The van der Waals surface area contributed by atoms with E-state index in [-0.39, 0.29) is 0 Å². The summed E-state index contributed by atoms with van der Waals surface area (Å²) in [5.74, 6) is 0.861. The smallest absolute Gasteiger partial charge is 0.163 e. The van der Waals surface area contributed by atoms with Gasteiger partial charge in [-0.15, -0.1) is 0 Å². The summed E-state index contributed by atoms with van der Waals surface area (Å²) >= 11 is 0. The van der Waals surface area contributed by atoms with E-state index in [1.807, 2.05) is 7.05 Å². The molecule has 0 aromatic carbocycles. The zero-order valence-electron chi connectivity index (χ0n) is 10.3. The third-order valence-corrected chi connectivity index (χ3v) is 2.60. The maximum absolute atomic E-state index is 4.24. The van der Waals surface area contributed by atoms with Gasteiger partial charge in [0.05, 0.1) is 11.6 Å². The third kappa shape index (κ3) is 2.71. The van der Waals surface area contributed by atoms with Crippen LogP contribution in [-0.4, -0.2) is 39.4 Å². The SMILES string of the molecule is CCNCCCNc1ncnc2c1cnn2C. The molecule has 0 spiro atoms. The van der Waals surface area contributed by atoms with E-state index in [0.717, 1.165) is 42.9 Å². The van der Waals surface area contributed by atoms with Crippen molar-refractivity contribution in [3.63, 3.8) is 0 Å². The Kier molecular flexibility index (Phi) is 3.87. The van der Waals surface area contributed by atoms with Crippen LogP contribution in [0.3, 0.4) is 0 Å². The highest BCUT2D eigenvalue weighted by atomic mass is 15.3. The molecule has 17 heavy (non-hydrogen) atoms. The Morgan fingerprint density at radius 1 is 1.29 bits per heavy atom. The Bertz CT molecular complexity index is 478. The molecule has 6 nitrogen and oxygen atoms in total. The summed E-state index contributed by atoms with van der Waals surface area (Å²) in [7, 11) is 1.88. The molecule has 2 aromatic rings. The molecule has 0 fully saturated rings. The molecule has 0 aliphatic rings. The van der Waals surface area contributed by atoms with Crippen molar-refractivity contribution in [1.29, 1.82) is 0 Å². The Labute approximate surface area is 100 Å². The molecule has 92 valence electrons. The monoisotopic (exact) mass is 234 g/mol. The fourth-order valence-electron chi connectivity index (χ4n) is 1.70. The van der Waals surface area contributed by atoms with Gasteiger partial charge in [0.2, 0.25) is 0 Å². The summed E-state index contributed by atoms with van der Waals surface area (Å²) in [4.78, 5) is 8.44. The van der Waals surface area contributed by atoms with Gasteiger partial charge in [-0.25, -0.2) is 9.97 Å². The Morgan fingerprint density at radius 3 is 3.00 bits per heavy atom. The summed E-state index contributed by atoms with van der Waals surface area (Å²) < 4.78 is 1.75. The van der Waals surface area contributed by atoms with Gasteiger partial charge in [0.1, 0.15) is 12.1 Å². The van der Waals surface area contributed by atoms with Gasteiger partial charge in [0.15, 0.2) is 5.65 Å². The molecule has 0 atom stereocenters. The number of rotatable bonds is 6. The van der Waals surface area contributed by atoms with Crippen molar-refractivity contribution in [1.82, 2.24) is 25.1 Å². The lowest BCUT2D eigenvalue weighted by atomic mass is 10.3. The molecule has 2 aromatic heterocycles. The zero-order valence-corrected chi connectivity index (χ0v) is 10.3. The first-order valence-corrected chi connectivity index (χ1v) is 5.90. The van der Waals surface area contributed by atoms with Gasteiger partial charge < -0.3 is 10.6 Å². The molecular formula is C11H18N6. The topological polar surface area (TPSA) is 67.7 Å². The molecule has 2 heterocycles. The van der Waals surface area contributed by atoms with E-state index in [9.17, 15) is 0 Å². The fraction of sp³-hybridized carbons (Fsp3) is 0.545. The van der Waals surface area contributed by atoms with Crippen LogP contribution in [0, 0.1) is 0 Å². The van der Waals surface area contributed by atoms with Crippen LogP contribution < -0.4 is 10.6 Å². The molecule has 6 heteroatoms. The number of hydrogen-bond acceptors (Lipinski definition) is 5. The van der Waals surface area contributed by atoms with Crippen molar-refractivity contribution in [3.05, 3.63) is 12.5 Å². The molecule has 0 saturated heterocycles. The molecule has 0 radical (unpaired) electrons. The van der Waals surface area contributed by atoms with E-state index in [0.29, 0.717) is 0 Å². The molecule has 0 bridgehead atoms. The predicted molar refractivity (Wildman–Crippen MR) is 68.0 cm³/mol. The van der Waals surface area contributed by atoms with E-state index < -0.39 is 0 Å².